The lowest BCUT2D eigenvalue weighted by molar-refractivity contribution is -0.161. The van der Waals surface area contributed by atoms with Gasteiger partial charge >= 0.3 is 33.6 Å². The highest BCUT2D eigenvalue weighted by Gasteiger charge is 2.29. The van der Waals surface area contributed by atoms with Crippen LogP contribution >= 0.6 is 15.6 Å². The molecule has 0 rings (SSSR count). The van der Waals surface area contributed by atoms with Crippen molar-refractivity contribution in [3.05, 3.63) is 122 Å². The average Bonchev–Trinajstić information content (AvgIpc) is 0.928. The van der Waals surface area contributed by atoms with E-state index in [2.05, 4.69) is 142 Å². The molecule has 0 radical (unpaired) electrons. The van der Waals surface area contributed by atoms with Gasteiger partial charge in [0.05, 0.1) is 26.4 Å². The van der Waals surface area contributed by atoms with Gasteiger partial charge in [0, 0.05) is 19.3 Å². The lowest BCUT2D eigenvalue weighted by atomic mass is 10.0. The molecule has 0 fully saturated rings. The van der Waals surface area contributed by atoms with Crippen LogP contribution in [0.2, 0.25) is 0 Å². The summed E-state index contributed by atoms with van der Waals surface area (Å²) < 4.78 is 61.3. The lowest BCUT2D eigenvalue weighted by Gasteiger charge is -2.21. The van der Waals surface area contributed by atoms with Crippen molar-refractivity contribution in [2.75, 3.05) is 39.6 Å². The van der Waals surface area contributed by atoms with Crippen LogP contribution in [0.5, 0.6) is 0 Å². The maximum Gasteiger partial charge on any atom is 0.472 e. The van der Waals surface area contributed by atoms with E-state index in [4.69, 9.17) is 32.3 Å². The molecule has 16 nitrogen and oxygen atoms in total. The highest BCUT2D eigenvalue weighted by atomic mass is 31.2. The first-order valence-corrected chi connectivity index (χ1v) is 47.8. The molecule has 0 saturated carbocycles. The normalized spacial score (nSPS) is 14.4. The number of aliphatic hydroxyl groups excluding tert-OH is 2. The van der Waals surface area contributed by atoms with Crippen molar-refractivity contribution in [2.24, 2.45) is 0 Å². The highest BCUT2D eigenvalue weighted by Crippen LogP contribution is 2.45. The Hall–Kier alpha value is -4.05. The van der Waals surface area contributed by atoms with Gasteiger partial charge in [-0.05, 0) is 109 Å². The lowest BCUT2D eigenvalue weighted by Crippen LogP contribution is -2.30. The standard InChI is InChI=1S/C93H164O16P2/c1-4-7-10-13-16-19-22-25-27-29-31-33-35-37-39-41-43-45-47-49-51-53-55-57-59-62-64-67-70-73-76-79-91(96)103-82-88(94)83-105-110(99,100)106-84-89(95)85-107-111(101,102)108-87-90(109-93(98)81-78-75-72-69-66-61-24-21-18-15-12-9-6-3)86-104-92(97)80-77-74-71-68-65-63-60-58-56-54-52-50-48-46-44-42-40-38-36-34-32-30-28-26-23-20-17-14-11-8-5-2/h7-8,10-11,16-17,19-20,25-28,31-34,37-40,88-90,94-95H,4-6,9,12-15,18,21-24,29-30,35-36,41-87H2,1-3H3,(H,99,100)(H,101,102)/b10-7-,11-8-,19-16-,20-17-,27-25-,28-26-,33-31-,34-32-,39-37-,40-38-. The molecule has 5 unspecified atom stereocenters. The number of phosphoric ester groups is 2. The Kier molecular flexibility index (Phi) is 82.2. The molecule has 0 heterocycles. The second kappa shape index (κ2) is 85.3. The summed E-state index contributed by atoms with van der Waals surface area (Å²) in [5.41, 5.74) is 0. The fourth-order valence-corrected chi connectivity index (χ4v) is 14.0. The van der Waals surface area contributed by atoms with Crippen LogP contribution in [0.1, 0.15) is 393 Å². The van der Waals surface area contributed by atoms with Crippen molar-refractivity contribution in [3.63, 3.8) is 0 Å². The number of carbonyl (C=O) groups excluding carboxylic acids is 3. The Balaban J connectivity index is 4.41. The third-order valence-corrected chi connectivity index (χ3v) is 21.1. The second-order valence-electron chi connectivity index (χ2n) is 30.0. The number of esters is 3. The van der Waals surface area contributed by atoms with E-state index in [-0.39, 0.29) is 19.3 Å². The zero-order valence-corrected chi connectivity index (χ0v) is 72.4. The van der Waals surface area contributed by atoms with Crippen LogP contribution < -0.4 is 0 Å². The van der Waals surface area contributed by atoms with Crippen LogP contribution in [0, 0.1) is 0 Å². The average molecular weight is 1600 g/mol. The van der Waals surface area contributed by atoms with Crippen LogP contribution in [0.25, 0.3) is 0 Å². The third kappa shape index (κ3) is 86.6. The zero-order valence-electron chi connectivity index (χ0n) is 70.6. The van der Waals surface area contributed by atoms with E-state index in [9.17, 15) is 43.5 Å². The van der Waals surface area contributed by atoms with Crippen molar-refractivity contribution in [1.82, 2.24) is 0 Å². The van der Waals surface area contributed by atoms with Crippen LogP contribution in [-0.4, -0.2) is 95.9 Å². The van der Waals surface area contributed by atoms with Crippen LogP contribution in [-0.2, 0) is 55.8 Å². The van der Waals surface area contributed by atoms with Crippen LogP contribution in [0.4, 0.5) is 0 Å². The van der Waals surface area contributed by atoms with Gasteiger partial charge in [-0.3, -0.25) is 32.5 Å². The Labute approximate surface area is 678 Å². The van der Waals surface area contributed by atoms with Crippen LogP contribution in [0.3, 0.4) is 0 Å². The number of aliphatic hydroxyl groups is 2. The number of hydrogen-bond donors (Lipinski definition) is 4. The second-order valence-corrected chi connectivity index (χ2v) is 32.9. The fourth-order valence-electron chi connectivity index (χ4n) is 12.5. The monoisotopic (exact) mass is 1600 g/mol. The molecule has 0 bridgehead atoms. The van der Waals surface area contributed by atoms with E-state index in [0.717, 1.165) is 128 Å². The molecule has 0 aromatic carbocycles. The molecule has 0 aliphatic rings. The number of rotatable bonds is 85. The van der Waals surface area contributed by atoms with Gasteiger partial charge < -0.3 is 34.2 Å². The van der Waals surface area contributed by atoms with Gasteiger partial charge in [-0.2, -0.15) is 0 Å². The molecule has 0 spiro atoms. The maximum atomic E-state index is 13.0. The van der Waals surface area contributed by atoms with Gasteiger partial charge in [0.15, 0.2) is 6.10 Å². The smallest absolute Gasteiger partial charge is 0.463 e. The third-order valence-electron chi connectivity index (χ3n) is 19.2. The topological polar surface area (TPSA) is 231 Å². The van der Waals surface area contributed by atoms with Gasteiger partial charge in [0.25, 0.3) is 0 Å². The van der Waals surface area contributed by atoms with E-state index in [1.807, 2.05) is 0 Å². The van der Waals surface area contributed by atoms with Crippen molar-refractivity contribution in [1.29, 1.82) is 0 Å². The largest absolute Gasteiger partial charge is 0.472 e. The summed E-state index contributed by atoms with van der Waals surface area (Å²) in [7, 11) is -9.79. The Morgan fingerprint density at radius 1 is 0.261 bits per heavy atom. The minimum atomic E-state index is -4.93. The Morgan fingerprint density at radius 2 is 0.477 bits per heavy atom. The summed E-state index contributed by atoms with van der Waals surface area (Å²) in [6.45, 7) is 2.52. The van der Waals surface area contributed by atoms with E-state index in [0.29, 0.717) is 19.3 Å². The number of unbranched alkanes of at least 4 members (excludes halogenated alkanes) is 42. The van der Waals surface area contributed by atoms with Gasteiger partial charge in [-0.25, -0.2) is 9.13 Å². The predicted octanol–water partition coefficient (Wildman–Crippen LogP) is 27.2. The fraction of sp³-hybridized carbons (Fsp3) is 0.753. The minimum Gasteiger partial charge on any atom is -0.463 e. The summed E-state index contributed by atoms with van der Waals surface area (Å²) in [6, 6.07) is 0. The Morgan fingerprint density at radius 3 is 0.757 bits per heavy atom. The quantitative estimate of drug-likeness (QED) is 0.0146. The van der Waals surface area contributed by atoms with Gasteiger partial charge in [0.1, 0.15) is 25.4 Å². The van der Waals surface area contributed by atoms with Gasteiger partial charge in [-0.1, -0.05) is 386 Å². The summed E-state index contributed by atoms with van der Waals surface area (Å²) >= 11 is 0. The summed E-state index contributed by atoms with van der Waals surface area (Å²) in [4.78, 5) is 58.8. The first kappa shape index (κ1) is 107. The molecule has 4 N–H and O–H groups in total. The molecule has 5 atom stereocenters. The Bertz CT molecular complexity index is 2500. The molecule has 0 amide bonds. The van der Waals surface area contributed by atoms with Gasteiger partial charge in [0.2, 0.25) is 0 Å². The molecule has 18 heteroatoms. The van der Waals surface area contributed by atoms with E-state index in [1.54, 1.807) is 0 Å². The molecular weight excluding hydrogens is 1430 g/mol. The molecule has 0 aromatic rings. The summed E-state index contributed by atoms with van der Waals surface area (Å²) in [6.07, 6.45) is 104. The van der Waals surface area contributed by atoms with Gasteiger partial charge in [-0.15, -0.1) is 0 Å². The number of carbonyl (C=O) groups is 3. The summed E-state index contributed by atoms with van der Waals surface area (Å²) in [5, 5.41) is 20.7. The van der Waals surface area contributed by atoms with Crippen LogP contribution in [0.15, 0.2) is 122 Å². The molecule has 642 valence electrons. The van der Waals surface area contributed by atoms with Crippen molar-refractivity contribution >= 4 is 33.6 Å². The maximum absolute atomic E-state index is 13.0. The summed E-state index contributed by atoms with van der Waals surface area (Å²) in [5.74, 6) is -1.55. The van der Waals surface area contributed by atoms with Crippen molar-refractivity contribution < 1.29 is 75.8 Å². The molecule has 0 saturated heterocycles. The molecule has 111 heavy (non-hydrogen) atoms. The van der Waals surface area contributed by atoms with E-state index in [1.165, 1.54) is 205 Å². The van der Waals surface area contributed by atoms with E-state index < -0.39 is 91.5 Å². The number of allylic oxidation sites excluding steroid dienone is 20. The number of ether oxygens (including phenoxy) is 3. The molecule has 0 aromatic heterocycles. The number of phosphoric acid groups is 2. The van der Waals surface area contributed by atoms with Crippen molar-refractivity contribution in [3.8, 4) is 0 Å². The predicted molar refractivity (Wildman–Crippen MR) is 463 cm³/mol. The first-order chi connectivity index (χ1) is 54.2. The van der Waals surface area contributed by atoms with Crippen molar-refractivity contribution in [2.45, 2.75) is 411 Å². The number of hydrogen-bond acceptors (Lipinski definition) is 14. The van der Waals surface area contributed by atoms with E-state index >= 15 is 0 Å². The minimum absolute atomic E-state index is 0.109. The zero-order chi connectivity index (χ0) is 80.8. The highest BCUT2D eigenvalue weighted by molar-refractivity contribution is 7.47. The molecular formula is C93H164O16P2. The molecule has 0 aliphatic heterocycles. The SMILES string of the molecule is CC/C=C\C/C=C\C/C=C\C/C=C\C/C=C\CCCCCCCCCCCCCCCCCC(=O)OCC(O)COP(=O)(O)OCC(O)COP(=O)(O)OCC(COC(=O)CCCCCCCCCCCCCCCCC/C=C\C/C=C\C/C=C\C/C=C\C/C=C\CC)OC(=O)CCCCCCCCCCCCCCC. The molecule has 0 aliphatic carbocycles. The first-order valence-electron chi connectivity index (χ1n) is 44.8.